The number of para-hydroxylation sites is 1. The van der Waals surface area contributed by atoms with Crippen molar-refractivity contribution in [2.24, 2.45) is 0 Å². The molecule has 0 heterocycles. The molecule has 2 amide bonds. The summed E-state index contributed by atoms with van der Waals surface area (Å²) in [4.78, 5) is 25.7. The molecule has 0 aromatic heterocycles. The van der Waals surface area contributed by atoms with E-state index in [2.05, 4.69) is 10.6 Å². The fourth-order valence-corrected chi connectivity index (χ4v) is 3.53. The third kappa shape index (κ3) is 4.93. The highest BCUT2D eigenvalue weighted by Crippen LogP contribution is 2.21. The number of hydrogen-bond donors (Lipinski definition) is 2. The van der Waals surface area contributed by atoms with E-state index in [0.29, 0.717) is 16.8 Å². The molecular formula is C28H24N2O2. The van der Waals surface area contributed by atoms with Gasteiger partial charge in [-0.05, 0) is 47.9 Å². The van der Waals surface area contributed by atoms with Gasteiger partial charge < -0.3 is 10.6 Å². The fraction of sp³-hybridized carbons (Fsp3) is 0.0714. The van der Waals surface area contributed by atoms with Gasteiger partial charge in [-0.3, -0.25) is 9.59 Å². The van der Waals surface area contributed by atoms with E-state index in [1.807, 2.05) is 79.7 Å². The van der Waals surface area contributed by atoms with Crippen molar-refractivity contribution in [2.75, 3.05) is 5.32 Å². The van der Waals surface area contributed by atoms with Crippen molar-refractivity contribution in [2.45, 2.75) is 13.0 Å². The molecule has 0 saturated heterocycles. The Hall–Kier alpha value is -4.18. The van der Waals surface area contributed by atoms with Crippen molar-refractivity contribution in [3.05, 3.63) is 126 Å². The van der Waals surface area contributed by atoms with E-state index in [1.165, 1.54) is 0 Å². The highest BCUT2D eigenvalue weighted by Gasteiger charge is 2.16. The van der Waals surface area contributed by atoms with Crippen LogP contribution in [0.4, 0.5) is 5.69 Å². The average molecular weight is 421 g/mol. The molecule has 0 saturated carbocycles. The maximum absolute atomic E-state index is 12.9. The summed E-state index contributed by atoms with van der Waals surface area (Å²) in [6, 6.07) is 34.0. The zero-order chi connectivity index (χ0) is 22.3. The van der Waals surface area contributed by atoms with Crippen LogP contribution in [-0.4, -0.2) is 11.8 Å². The lowest BCUT2D eigenvalue weighted by Crippen LogP contribution is -2.28. The Bertz CT molecular complexity index is 1200. The van der Waals surface area contributed by atoms with Crippen LogP contribution >= 0.6 is 0 Å². The van der Waals surface area contributed by atoms with Gasteiger partial charge in [-0.25, -0.2) is 0 Å². The third-order valence-corrected chi connectivity index (χ3v) is 5.32. The largest absolute Gasteiger partial charge is 0.345 e. The van der Waals surface area contributed by atoms with Gasteiger partial charge in [0.1, 0.15) is 0 Å². The molecule has 0 radical (unpaired) electrons. The Morgan fingerprint density at radius 1 is 0.625 bits per heavy atom. The first-order valence-electron chi connectivity index (χ1n) is 10.5. The second-order valence-corrected chi connectivity index (χ2v) is 7.55. The molecular weight excluding hydrogens is 396 g/mol. The van der Waals surface area contributed by atoms with E-state index >= 15 is 0 Å². The quantitative estimate of drug-likeness (QED) is 0.396. The van der Waals surface area contributed by atoms with Gasteiger partial charge in [0.15, 0.2) is 0 Å². The van der Waals surface area contributed by atoms with Crippen LogP contribution in [0.1, 0.15) is 39.2 Å². The smallest absolute Gasteiger partial charge is 0.255 e. The van der Waals surface area contributed by atoms with Crippen molar-refractivity contribution in [3.63, 3.8) is 0 Å². The Kier molecular flexibility index (Phi) is 6.42. The molecule has 1 unspecified atom stereocenters. The van der Waals surface area contributed by atoms with Crippen LogP contribution in [0, 0.1) is 0 Å². The van der Waals surface area contributed by atoms with E-state index in [0.717, 1.165) is 16.7 Å². The lowest BCUT2D eigenvalue weighted by atomic mass is 10.0. The zero-order valence-electron chi connectivity index (χ0n) is 17.8. The Balaban J connectivity index is 1.48. The van der Waals surface area contributed by atoms with Gasteiger partial charge in [0, 0.05) is 5.56 Å². The first-order chi connectivity index (χ1) is 15.6. The molecule has 32 heavy (non-hydrogen) atoms. The predicted molar refractivity (Wildman–Crippen MR) is 129 cm³/mol. The third-order valence-electron chi connectivity index (χ3n) is 5.32. The Morgan fingerprint density at radius 3 is 1.88 bits per heavy atom. The van der Waals surface area contributed by atoms with Crippen molar-refractivity contribution in [1.82, 2.24) is 5.32 Å². The molecule has 0 aliphatic carbocycles. The molecule has 1 atom stereocenters. The Morgan fingerprint density at radius 2 is 1.19 bits per heavy atom. The summed E-state index contributed by atoms with van der Waals surface area (Å²) in [7, 11) is 0. The van der Waals surface area contributed by atoms with E-state index in [-0.39, 0.29) is 17.9 Å². The minimum atomic E-state index is -0.263. The monoisotopic (exact) mass is 420 g/mol. The van der Waals surface area contributed by atoms with Crippen LogP contribution < -0.4 is 10.6 Å². The highest BCUT2D eigenvalue weighted by atomic mass is 16.2. The molecule has 4 rings (SSSR count). The van der Waals surface area contributed by atoms with Gasteiger partial charge in [-0.15, -0.1) is 0 Å². The SMILES string of the molecule is CC(NC(=O)c1ccccc1NC(=O)c1ccc(-c2ccccc2)cc1)c1ccccc1. The summed E-state index contributed by atoms with van der Waals surface area (Å²) in [5, 5.41) is 5.88. The molecule has 2 N–H and O–H groups in total. The molecule has 0 spiro atoms. The van der Waals surface area contributed by atoms with E-state index in [9.17, 15) is 9.59 Å². The first kappa shape index (κ1) is 21.1. The van der Waals surface area contributed by atoms with E-state index < -0.39 is 0 Å². The van der Waals surface area contributed by atoms with Crippen LogP contribution in [0.2, 0.25) is 0 Å². The molecule has 158 valence electrons. The maximum atomic E-state index is 12.9. The van der Waals surface area contributed by atoms with Crippen molar-refractivity contribution in [1.29, 1.82) is 0 Å². The van der Waals surface area contributed by atoms with Crippen LogP contribution in [-0.2, 0) is 0 Å². The second-order valence-electron chi connectivity index (χ2n) is 7.55. The summed E-state index contributed by atoms with van der Waals surface area (Å²) in [5.41, 5.74) is 4.57. The maximum Gasteiger partial charge on any atom is 0.255 e. The van der Waals surface area contributed by atoms with Gasteiger partial charge in [0.25, 0.3) is 11.8 Å². The van der Waals surface area contributed by atoms with E-state index in [1.54, 1.807) is 36.4 Å². The standard InChI is InChI=1S/C28H24N2O2/c1-20(21-10-4-2-5-11-21)29-28(32)25-14-8-9-15-26(25)30-27(31)24-18-16-23(17-19-24)22-12-6-3-7-13-22/h2-20H,1H3,(H,29,32)(H,30,31). The van der Waals surface area contributed by atoms with Gasteiger partial charge in [0.2, 0.25) is 0 Å². The van der Waals surface area contributed by atoms with Gasteiger partial charge in [0.05, 0.1) is 17.3 Å². The fourth-order valence-electron chi connectivity index (χ4n) is 3.53. The second kappa shape index (κ2) is 9.75. The number of carbonyl (C=O) groups excluding carboxylic acids is 2. The topological polar surface area (TPSA) is 58.2 Å². The van der Waals surface area contributed by atoms with Crippen molar-refractivity contribution >= 4 is 17.5 Å². The van der Waals surface area contributed by atoms with Crippen molar-refractivity contribution < 1.29 is 9.59 Å². The number of rotatable bonds is 6. The molecule has 0 fully saturated rings. The lowest BCUT2D eigenvalue weighted by Gasteiger charge is -2.16. The summed E-state index contributed by atoms with van der Waals surface area (Å²) < 4.78 is 0. The first-order valence-corrected chi connectivity index (χ1v) is 10.5. The van der Waals surface area contributed by atoms with Gasteiger partial charge in [-0.1, -0.05) is 84.9 Å². The molecule has 4 aromatic rings. The molecule has 4 nitrogen and oxygen atoms in total. The minimum Gasteiger partial charge on any atom is -0.345 e. The number of hydrogen-bond acceptors (Lipinski definition) is 2. The minimum absolute atomic E-state index is 0.155. The van der Waals surface area contributed by atoms with Crippen LogP contribution in [0.25, 0.3) is 11.1 Å². The zero-order valence-corrected chi connectivity index (χ0v) is 17.8. The van der Waals surface area contributed by atoms with E-state index in [4.69, 9.17) is 0 Å². The summed E-state index contributed by atoms with van der Waals surface area (Å²) >= 11 is 0. The Labute approximate surface area is 187 Å². The van der Waals surface area contributed by atoms with Crippen LogP contribution in [0.3, 0.4) is 0 Å². The molecule has 0 aliphatic rings. The molecule has 4 aromatic carbocycles. The number of anilines is 1. The number of amides is 2. The van der Waals surface area contributed by atoms with Gasteiger partial charge in [-0.2, -0.15) is 0 Å². The normalized spacial score (nSPS) is 11.4. The summed E-state index contributed by atoms with van der Waals surface area (Å²) in [6.45, 7) is 1.93. The van der Waals surface area contributed by atoms with Crippen LogP contribution in [0.15, 0.2) is 109 Å². The number of carbonyl (C=O) groups is 2. The predicted octanol–water partition coefficient (Wildman–Crippen LogP) is 6.10. The molecule has 0 aliphatic heterocycles. The van der Waals surface area contributed by atoms with Crippen LogP contribution in [0.5, 0.6) is 0 Å². The average Bonchev–Trinajstić information content (AvgIpc) is 2.85. The highest BCUT2D eigenvalue weighted by molar-refractivity contribution is 6.09. The summed E-state index contributed by atoms with van der Waals surface area (Å²) in [6.07, 6.45) is 0. The van der Waals surface area contributed by atoms with Crippen molar-refractivity contribution in [3.8, 4) is 11.1 Å². The van der Waals surface area contributed by atoms with Gasteiger partial charge >= 0.3 is 0 Å². The molecule has 4 heteroatoms. The molecule has 0 bridgehead atoms. The lowest BCUT2D eigenvalue weighted by molar-refractivity contribution is 0.0941. The summed E-state index contributed by atoms with van der Waals surface area (Å²) in [5.74, 6) is -0.502. The number of nitrogens with one attached hydrogen (secondary N) is 2. The number of benzene rings is 4.